The number of nitrogens with two attached hydrogens (primary N) is 2. The molecule has 0 spiro atoms. The van der Waals surface area contributed by atoms with Gasteiger partial charge in [0.2, 0.25) is 17.7 Å². The van der Waals surface area contributed by atoms with Crippen LogP contribution in [0.3, 0.4) is 0 Å². The van der Waals surface area contributed by atoms with E-state index in [0.29, 0.717) is 13.0 Å². The van der Waals surface area contributed by atoms with E-state index in [9.17, 15) is 14.4 Å². The molecule has 0 bridgehead atoms. The molecule has 0 aliphatic carbocycles. The van der Waals surface area contributed by atoms with E-state index in [4.69, 9.17) is 11.5 Å². The molecule has 7 nitrogen and oxygen atoms in total. The minimum atomic E-state index is -0.636. The third kappa shape index (κ3) is 7.74. The first-order valence-electron chi connectivity index (χ1n) is 5.01. The molecule has 1 atom stereocenters. The van der Waals surface area contributed by atoms with Crippen LogP contribution in [0.25, 0.3) is 0 Å². The molecule has 0 heterocycles. The molecule has 0 aromatic carbocycles. The number of hydrogen-bond donors (Lipinski definition) is 4. The molecule has 0 aliphatic heterocycles. The lowest BCUT2D eigenvalue weighted by atomic mass is 10.3. The fourth-order valence-electron chi connectivity index (χ4n) is 0.881. The quantitative estimate of drug-likeness (QED) is 0.371. The largest absolute Gasteiger partial charge is 0.370 e. The lowest BCUT2D eigenvalue weighted by Crippen LogP contribution is -2.43. The van der Waals surface area contributed by atoms with E-state index < -0.39 is 11.9 Å². The molecule has 16 heavy (non-hydrogen) atoms. The van der Waals surface area contributed by atoms with Crippen molar-refractivity contribution in [1.82, 2.24) is 10.6 Å². The highest BCUT2D eigenvalue weighted by atomic mass is 16.2. The summed E-state index contributed by atoms with van der Waals surface area (Å²) in [6.07, 6.45) is 0.717. The minimum absolute atomic E-state index is 0.114. The molecule has 0 radical (unpaired) electrons. The first-order valence-corrected chi connectivity index (χ1v) is 5.01. The highest BCUT2D eigenvalue weighted by molar-refractivity contribution is 5.87. The van der Waals surface area contributed by atoms with Crippen molar-refractivity contribution in [3.05, 3.63) is 0 Å². The number of carbonyl (C=O) groups is 3. The Balaban J connectivity index is 3.52. The SMILES string of the molecule is C[C@H](N)C(=O)NCC(=O)NCCCC(N)=O. The highest BCUT2D eigenvalue weighted by Gasteiger charge is 2.08. The number of nitrogens with one attached hydrogen (secondary N) is 2. The molecule has 0 unspecified atom stereocenters. The minimum Gasteiger partial charge on any atom is -0.370 e. The van der Waals surface area contributed by atoms with Crippen LogP contribution >= 0.6 is 0 Å². The van der Waals surface area contributed by atoms with Gasteiger partial charge in [0.1, 0.15) is 0 Å². The van der Waals surface area contributed by atoms with Crippen molar-refractivity contribution in [2.45, 2.75) is 25.8 Å². The van der Waals surface area contributed by atoms with Gasteiger partial charge in [-0.2, -0.15) is 0 Å². The molecule has 6 N–H and O–H groups in total. The van der Waals surface area contributed by atoms with Crippen molar-refractivity contribution in [2.75, 3.05) is 13.1 Å². The van der Waals surface area contributed by atoms with Crippen LogP contribution in [0.15, 0.2) is 0 Å². The van der Waals surface area contributed by atoms with Crippen molar-refractivity contribution in [3.63, 3.8) is 0 Å². The van der Waals surface area contributed by atoms with Crippen LogP contribution < -0.4 is 22.1 Å². The van der Waals surface area contributed by atoms with Crippen LogP contribution in [0.4, 0.5) is 0 Å². The smallest absolute Gasteiger partial charge is 0.239 e. The molecule has 0 fully saturated rings. The Morgan fingerprint density at radius 2 is 1.88 bits per heavy atom. The monoisotopic (exact) mass is 230 g/mol. The maximum absolute atomic E-state index is 11.1. The summed E-state index contributed by atoms with van der Waals surface area (Å²) in [6, 6.07) is -0.636. The highest BCUT2D eigenvalue weighted by Crippen LogP contribution is 1.84. The fraction of sp³-hybridized carbons (Fsp3) is 0.667. The molecular formula is C9H18N4O3. The molecule has 0 aromatic heterocycles. The second-order valence-electron chi connectivity index (χ2n) is 3.43. The number of primary amides is 1. The van der Waals surface area contributed by atoms with E-state index in [1.807, 2.05) is 0 Å². The van der Waals surface area contributed by atoms with E-state index >= 15 is 0 Å². The third-order valence-corrected chi connectivity index (χ3v) is 1.76. The summed E-state index contributed by atoms with van der Waals surface area (Å²) in [5.74, 6) is -1.11. The van der Waals surface area contributed by atoms with Gasteiger partial charge in [-0.1, -0.05) is 0 Å². The average molecular weight is 230 g/mol. The molecular weight excluding hydrogens is 212 g/mol. The molecule has 0 aromatic rings. The molecule has 3 amide bonds. The van der Waals surface area contributed by atoms with E-state index in [0.717, 1.165) is 0 Å². The van der Waals surface area contributed by atoms with Crippen molar-refractivity contribution in [3.8, 4) is 0 Å². The van der Waals surface area contributed by atoms with Crippen LogP contribution in [-0.4, -0.2) is 36.9 Å². The van der Waals surface area contributed by atoms with E-state index in [-0.39, 0.29) is 24.8 Å². The third-order valence-electron chi connectivity index (χ3n) is 1.76. The van der Waals surface area contributed by atoms with Crippen LogP contribution in [-0.2, 0) is 14.4 Å². The Kier molecular flexibility index (Phi) is 6.86. The topological polar surface area (TPSA) is 127 Å². The van der Waals surface area contributed by atoms with Gasteiger partial charge < -0.3 is 22.1 Å². The maximum Gasteiger partial charge on any atom is 0.239 e. The Morgan fingerprint density at radius 3 is 2.38 bits per heavy atom. The Labute approximate surface area is 93.9 Å². The predicted molar refractivity (Wildman–Crippen MR) is 58.1 cm³/mol. The number of rotatable bonds is 7. The van der Waals surface area contributed by atoms with Gasteiger partial charge in [0, 0.05) is 13.0 Å². The standard InChI is InChI=1S/C9H18N4O3/c1-6(10)9(16)13-5-8(15)12-4-2-3-7(11)14/h6H,2-5,10H2,1H3,(H2,11,14)(H,12,15)(H,13,16)/t6-/m0/s1. The van der Waals surface area contributed by atoms with Gasteiger partial charge in [0.25, 0.3) is 0 Å². The van der Waals surface area contributed by atoms with Crippen LogP contribution in [0, 0.1) is 0 Å². The summed E-state index contributed by atoms with van der Waals surface area (Å²) in [6.45, 7) is 1.77. The van der Waals surface area contributed by atoms with E-state index in [2.05, 4.69) is 10.6 Å². The van der Waals surface area contributed by atoms with Gasteiger partial charge in [-0.05, 0) is 13.3 Å². The summed E-state index contributed by atoms with van der Waals surface area (Å²) < 4.78 is 0. The first kappa shape index (κ1) is 14.4. The maximum atomic E-state index is 11.1. The van der Waals surface area contributed by atoms with E-state index in [1.165, 1.54) is 6.92 Å². The van der Waals surface area contributed by atoms with Crippen LogP contribution in [0.5, 0.6) is 0 Å². The summed E-state index contributed by atoms with van der Waals surface area (Å²) in [5.41, 5.74) is 10.2. The second kappa shape index (κ2) is 7.63. The number of hydrogen-bond acceptors (Lipinski definition) is 4. The van der Waals surface area contributed by atoms with Gasteiger partial charge in [0.05, 0.1) is 12.6 Å². The zero-order valence-corrected chi connectivity index (χ0v) is 9.29. The summed E-state index contributed by atoms with van der Waals surface area (Å²) in [5, 5.41) is 4.89. The summed E-state index contributed by atoms with van der Waals surface area (Å²) >= 11 is 0. The molecule has 0 saturated carbocycles. The van der Waals surface area contributed by atoms with Gasteiger partial charge in [-0.15, -0.1) is 0 Å². The Hall–Kier alpha value is -1.63. The Morgan fingerprint density at radius 1 is 1.25 bits per heavy atom. The van der Waals surface area contributed by atoms with Crippen LogP contribution in [0.2, 0.25) is 0 Å². The van der Waals surface area contributed by atoms with Crippen molar-refractivity contribution in [1.29, 1.82) is 0 Å². The predicted octanol–water partition coefficient (Wildman–Crippen LogP) is -2.17. The number of carbonyl (C=O) groups excluding carboxylic acids is 3. The zero-order chi connectivity index (χ0) is 12.6. The zero-order valence-electron chi connectivity index (χ0n) is 9.29. The normalized spacial score (nSPS) is 11.6. The first-order chi connectivity index (χ1) is 7.43. The molecule has 0 aliphatic rings. The van der Waals surface area contributed by atoms with Gasteiger partial charge >= 0.3 is 0 Å². The second-order valence-corrected chi connectivity index (χ2v) is 3.43. The average Bonchev–Trinajstić information content (AvgIpc) is 2.20. The number of amides is 3. The van der Waals surface area contributed by atoms with Crippen LogP contribution in [0.1, 0.15) is 19.8 Å². The van der Waals surface area contributed by atoms with Crippen molar-refractivity contribution < 1.29 is 14.4 Å². The van der Waals surface area contributed by atoms with Gasteiger partial charge in [0.15, 0.2) is 0 Å². The summed E-state index contributed by atoms with van der Waals surface area (Å²) in [7, 11) is 0. The fourth-order valence-corrected chi connectivity index (χ4v) is 0.881. The van der Waals surface area contributed by atoms with E-state index in [1.54, 1.807) is 0 Å². The summed E-state index contributed by atoms with van der Waals surface area (Å²) in [4.78, 5) is 32.5. The lowest BCUT2D eigenvalue weighted by molar-refractivity contribution is -0.126. The molecule has 7 heteroatoms. The lowest BCUT2D eigenvalue weighted by Gasteiger charge is -2.08. The van der Waals surface area contributed by atoms with Gasteiger partial charge in [-0.3, -0.25) is 14.4 Å². The van der Waals surface area contributed by atoms with Crippen molar-refractivity contribution in [2.24, 2.45) is 11.5 Å². The Bertz CT molecular complexity index is 265. The molecule has 0 saturated heterocycles. The molecule has 0 rings (SSSR count). The van der Waals surface area contributed by atoms with Gasteiger partial charge in [-0.25, -0.2) is 0 Å². The van der Waals surface area contributed by atoms with Crippen molar-refractivity contribution >= 4 is 17.7 Å². The molecule has 92 valence electrons.